The van der Waals surface area contributed by atoms with Gasteiger partial charge in [-0.05, 0) is 67.3 Å². The van der Waals surface area contributed by atoms with E-state index in [1.165, 1.54) is 24.9 Å². The van der Waals surface area contributed by atoms with Gasteiger partial charge in [-0.2, -0.15) is 0 Å². The van der Waals surface area contributed by atoms with Crippen LogP contribution < -0.4 is 9.80 Å². The number of anilines is 2. The lowest BCUT2D eigenvalue weighted by Crippen LogP contribution is -2.29. The third-order valence-electron chi connectivity index (χ3n) is 6.33. The molecule has 154 valence electrons. The number of rotatable bonds is 3. The Morgan fingerprint density at radius 3 is 2.65 bits per heavy atom. The summed E-state index contributed by atoms with van der Waals surface area (Å²) in [5.41, 5.74) is 6.69. The minimum absolute atomic E-state index is 0.0696. The van der Waals surface area contributed by atoms with Crippen molar-refractivity contribution in [2.45, 2.75) is 25.8 Å². The van der Waals surface area contributed by atoms with E-state index in [-0.39, 0.29) is 5.91 Å². The maximum Gasteiger partial charge on any atom is 0.259 e. The van der Waals surface area contributed by atoms with Crippen LogP contribution in [-0.2, 0) is 6.54 Å². The standard InChI is InChI=1S/C25H23N5O/c31-25-21-13-19(29-11-2-1-3-12-29)7-6-18(21)16-30(25)20-8-9-22-23(14-20)28-24(27-22)17-5-4-10-26-15-17/h4-10,13-15H,1-3,11-12,16H2,(H,27,28). The fourth-order valence-electron chi connectivity index (χ4n) is 4.65. The summed E-state index contributed by atoms with van der Waals surface area (Å²) in [5.74, 6) is 0.850. The van der Waals surface area contributed by atoms with Gasteiger partial charge < -0.3 is 14.8 Å². The van der Waals surface area contributed by atoms with Gasteiger partial charge in [-0.15, -0.1) is 0 Å². The fourth-order valence-corrected chi connectivity index (χ4v) is 4.65. The monoisotopic (exact) mass is 409 g/mol. The number of nitrogens with zero attached hydrogens (tertiary/aromatic N) is 4. The molecular formula is C25H23N5O. The summed E-state index contributed by atoms with van der Waals surface area (Å²) in [6.45, 7) is 2.75. The molecule has 0 radical (unpaired) electrons. The number of carbonyl (C=O) groups excluding carboxylic acids is 1. The number of carbonyl (C=O) groups is 1. The number of aromatic nitrogens is 3. The first kappa shape index (κ1) is 18.1. The van der Waals surface area contributed by atoms with Crippen molar-refractivity contribution in [2.75, 3.05) is 22.9 Å². The predicted molar refractivity (Wildman–Crippen MR) is 122 cm³/mol. The van der Waals surface area contributed by atoms with Crippen LogP contribution in [0.5, 0.6) is 0 Å². The highest BCUT2D eigenvalue weighted by Gasteiger charge is 2.29. The molecule has 6 heteroatoms. The summed E-state index contributed by atoms with van der Waals surface area (Å²) in [5, 5.41) is 0. The van der Waals surface area contributed by atoms with Crippen molar-refractivity contribution in [2.24, 2.45) is 0 Å². The third-order valence-corrected chi connectivity index (χ3v) is 6.33. The molecule has 1 fully saturated rings. The van der Waals surface area contributed by atoms with Crippen molar-refractivity contribution in [1.82, 2.24) is 15.0 Å². The van der Waals surface area contributed by atoms with E-state index < -0.39 is 0 Å². The van der Waals surface area contributed by atoms with E-state index in [1.54, 1.807) is 12.4 Å². The Hall–Kier alpha value is -3.67. The second-order valence-corrected chi connectivity index (χ2v) is 8.31. The minimum atomic E-state index is 0.0696. The Bertz CT molecular complexity index is 1270. The van der Waals surface area contributed by atoms with Gasteiger partial charge in [-0.25, -0.2) is 4.98 Å². The van der Waals surface area contributed by atoms with E-state index in [1.807, 2.05) is 35.2 Å². The molecule has 1 amide bonds. The van der Waals surface area contributed by atoms with Crippen molar-refractivity contribution >= 4 is 28.3 Å². The Morgan fingerprint density at radius 1 is 0.935 bits per heavy atom. The third kappa shape index (κ3) is 3.15. The normalized spacial score (nSPS) is 16.2. The van der Waals surface area contributed by atoms with E-state index >= 15 is 0 Å². The van der Waals surface area contributed by atoms with Crippen LogP contribution in [0.25, 0.3) is 22.4 Å². The molecule has 6 rings (SSSR count). The molecule has 2 aromatic heterocycles. The van der Waals surface area contributed by atoms with E-state index in [0.29, 0.717) is 6.54 Å². The number of hydrogen-bond donors (Lipinski definition) is 1. The van der Waals surface area contributed by atoms with Gasteiger partial charge in [0.1, 0.15) is 5.82 Å². The van der Waals surface area contributed by atoms with Crippen molar-refractivity contribution in [1.29, 1.82) is 0 Å². The SMILES string of the molecule is O=C1c2cc(N3CCCCC3)ccc2CN1c1ccc2nc(-c3cccnc3)[nH]c2c1. The molecule has 0 atom stereocenters. The Morgan fingerprint density at radius 2 is 1.81 bits per heavy atom. The molecule has 2 aromatic carbocycles. The average Bonchev–Trinajstić information content (AvgIpc) is 3.40. The lowest BCUT2D eigenvalue weighted by molar-refractivity contribution is 0.0996. The number of amides is 1. The van der Waals surface area contributed by atoms with Gasteiger partial charge in [0.15, 0.2) is 0 Å². The van der Waals surface area contributed by atoms with Crippen molar-refractivity contribution in [3.8, 4) is 11.4 Å². The second-order valence-electron chi connectivity index (χ2n) is 8.31. The Balaban J connectivity index is 1.30. The number of benzene rings is 2. The number of aromatic amines is 1. The number of imidazole rings is 1. The van der Waals surface area contributed by atoms with Gasteiger partial charge in [0.05, 0.1) is 17.6 Å². The Kier molecular flexibility index (Phi) is 4.23. The first-order valence-electron chi connectivity index (χ1n) is 10.9. The van der Waals surface area contributed by atoms with Crippen LogP contribution in [0.3, 0.4) is 0 Å². The van der Waals surface area contributed by atoms with Crippen LogP contribution in [0.15, 0.2) is 60.9 Å². The van der Waals surface area contributed by atoms with Gasteiger partial charge in [0.2, 0.25) is 0 Å². The van der Waals surface area contributed by atoms with Crippen LogP contribution in [-0.4, -0.2) is 33.9 Å². The number of hydrogen-bond acceptors (Lipinski definition) is 4. The van der Waals surface area contributed by atoms with Gasteiger partial charge in [-0.1, -0.05) is 6.07 Å². The summed E-state index contributed by atoms with van der Waals surface area (Å²) in [6.07, 6.45) is 7.29. The number of pyridine rings is 1. The number of piperidine rings is 1. The molecular weight excluding hydrogens is 386 g/mol. The van der Waals surface area contributed by atoms with Gasteiger partial charge in [0, 0.05) is 48.0 Å². The van der Waals surface area contributed by atoms with E-state index in [0.717, 1.165) is 52.3 Å². The zero-order valence-corrected chi connectivity index (χ0v) is 17.2. The molecule has 31 heavy (non-hydrogen) atoms. The summed E-state index contributed by atoms with van der Waals surface area (Å²) < 4.78 is 0. The maximum absolute atomic E-state index is 13.3. The smallest absolute Gasteiger partial charge is 0.259 e. The molecule has 2 aliphatic rings. The highest BCUT2D eigenvalue weighted by Crippen LogP contribution is 2.33. The largest absolute Gasteiger partial charge is 0.372 e. The van der Waals surface area contributed by atoms with Crippen LogP contribution >= 0.6 is 0 Å². The quantitative estimate of drug-likeness (QED) is 0.529. The van der Waals surface area contributed by atoms with Crippen molar-refractivity contribution < 1.29 is 4.79 Å². The predicted octanol–water partition coefficient (Wildman–Crippen LogP) is 4.78. The minimum Gasteiger partial charge on any atom is -0.372 e. The molecule has 0 saturated carbocycles. The van der Waals surface area contributed by atoms with Gasteiger partial charge in [-0.3, -0.25) is 9.78 Å². The lowest BCUT2D eigenvalue weighted by Gasteiger charge is -2.29. The van der Waals surface area contributed by atoms with E-state index in [9.17, 15) is 4.79 Å². The van der Waals surface area contributed by atoms with Gasteiger partial charge >= 0.3 is 0 Å². The molecule has 4 heterocycles. The highest BCUT2D eigenvalue weighted by molar-refractivity contribution is 6.11. The van der Waals surface area contributed by atoms with Crippen LogP contribution in [0.2, 0.25) is 0 Å². The summed E-state index contributed by atoms with van der Waals surface area (Å²) >= 11 is 0. The highest BCUT2D eigenvalue weighted by atomic mass is 16.2. The molecule has 0 unspecified atom stereocenters. The van der Waals surface area contributed by atoms with Crippen molar-refractivity contribution in [3.63, 3.8) is 0 Å². The second kappa shape index (κ2) is 7.23. The maximum atomic E-state index is 13.3. The molecule has 0 spiro atoms. The molecule has 1 saturated heterocycles. The zero-order valence-electron chi connectivity index (χ0n) is 17.2. The Labute approximate surface area is 180 Å². The number of fused-ring (bicyclic) bond motifs is 2. The number of H-pyrrole nitrogens is 1. The van der Waals surface area contributed by atoms with E-state index in [4.69, 9.17) is 0 Å². The summed E-state index contributed by atoms with van der Waals surface area (Å²) in [6, 6.07) is 16.2. The summed E-state index contributed by atoms with van der Waals surface area (Å²) in [7, 11) is 0. The van der Waals surface area contributed by atoms with Crippen LogP contribution in [0, 0.1) is 0 Å². The molecule has 0 aliphatic carbocycles. The lowest BCUT2D eigenvalue weighted by atomic mass is 10.1. The van der Waals surface area contributed by atoms with E-state index in [2.05, 4.69) is 38.1 Å². The molecule has 2 aliphatic heterocycles. The molecule has 0 bridgehead atoms. The topological polar surface area (TPSA) is 65.1 Å². The molecule has 6 nitrogen and oxygen atoms in total. The molecule has 4 aromatic rings. The average molecular weight is 409 g/mol. The zero-order chi connectivity index (χ0) is 20.8. The van der Waals surface area contributed by atoms with Crippen molar-refractivity contribution in [3.05, 3.63) is 72.1 Å². The summed E-state index contributed by atoms with van der Waals surface area (Å²) in [4.78, 5) is 29.7. The first-order chi connectivity index (χ1) is 15.3. The van der Waals surface area contributed by atoms with Crippen LogP contribution in [0.1, 0.15) is 35.2 Å². The van der Waals surface area contributed by atoms with Crippen LogP contribution in [0.4, 0.5) is 11.4 Å². The fraction of sp³-hybridized carbons (Fsp3) is 0.240. The first-order valence-corrected chi connectivity index (χ1v) is 10.9. The molecule has 1 N–H and O–H groups in total. The number of nitrogens with one attached hydrogen (secondary N) is 1. The van der Waals surface area contributed by atoms with Gasteiger partial charge in [0.25, 0.3) is 5.91 Å².